The molecular formula is C34H36N2O6. The minimum absolute atomic E-state index is 0.109. The maximum Gasteiger partial charge on any atom is 0.328 e. The summed E-state index contributed by atoms with van der Waals surface area (Å²) in [4.78, 5) is 32.3. The summed E-state index contributed by atoms with van der Waals surface area (Å²) in [7, 11) is 0. The van der Waals surface area contributed by atoms with Crippen molar-refractivity contribution < 1.29 is 30.0 Å². The number of aromatic hydroxyl groups is 2. The SMILES string of the molecule is CC(C)C[C@H](N=Cc1cc2ccccc2c(-c2c(O)c(C=N[C@@H](CC(C)C)C(=O)O)cc3ccccc23)c1O)C(=O)O. The van der Waals surface area contributed by atoms with Crippen LogP contribution >= 0.6 is 0 Å². The summed E-state index contributed by atoms with van der Waals surface area (Å²) in [6, 6.07) is 16.3. The van der Waals surface area contributed by atoms with Crippen LogP contribution in [0.25, 0.3) is 32.7 Å². The van der Waals surface area contributed by atoms with Crippen molar-refractivity contribution in [2.75, 3.05) is 0 Å². The number of fused-ring (bicyclic) bond motifs is 2. The summed E-state index contributed by atoms with van der Waals surface area (Å²) in [5, 5.41) is 45.6. The first kappa shape index (κ1) is 30.2. The highest BCUT2D eigenvalue weighted by atomic mass is 16.4. The van der Waals surface area contributed by atoms with Gasteiger partial charge in [-0.3, -0.25) is 9.98 Å². The van der Waals surface area contributed by atoms with Gasteiger partial charge in [-0.15, -0.1) is 0 Å². The number of phenols is 2. The van der Waals surface area contributed by atoms with E-state index in [1.54, 1.807) is 12.1 Å². The predicted octanol–water partition coefficient (Wildman–Crippen LogP) is 6.91. The molecule has 0 spiro atoms. The number of aliphatic imine (C=N–C) groups is 2. The first-order valence-electron chi connectivity index (χ1n) is 14.0. The van der Waals surface area contributed by atoms with E-state index in [1.807, 2.05) is 76.2 Å². The van der Waals surface area contributed by atoms with Gasteiger partial charge in [-0.25, -0.2) is 9.59 Å². The number of benzene rings is 4. The smallest absolute Gasteiger partial charge is 0.328 e. The highest BCUT2D eigenvalue weighted by Gasteiger charge is 2.23. The summed E-state index contributed by atoms with van der Waals surface area (Å²) < 4.78 is 0. The molecule has 218 valence electrons. The zero-order valence-electron chi connectivity index (χ0n) is 24.2. The average Bonchev–Trinajstić information content (AvgIpc) is 2.93. The van der Waals surface area contributed by atoms with Crippen molar-refractivity contribution in [3.05, 3.63) is 71.8 Å². The molecule has 0 unspecified atom stereocenters. The number of hydrogen-bond donors (Lipinski definition) is 4. The van der Waals surface area contributed by atoms with Crippen LogP contribution in [0.3, 0.4) is 0 Å². The van der Waals surface area contributed by atoms with Gasteiger partial charge < -0.3 is 20.4 Å². The Balaban J connectivity index is 1.98. The zero-order chi connectivity index (χ0) is 30.6. The molecule has 4 aromatic carbocycles. The molecule has 42 heavy (non-hydrogen) atoms. The Morgan fingerprint density at radius 2 is 1.02 bits per heavy atom. The van der Waals surface area contributed by atoms with Crippen LogP contribution in [0.5, 0.6) is 11.5 Å². The first-order chi connectivity index (χ1) is 20.0. The molecule has 0 aromatic heterocycles. The van der Waals surface area contributed by atoms with E-state index < -0.39 is 24.0 Å². The monoisotopic (exact) mass is 568 g/mol. The molecule has 0 aliphatic rings. The van der Waals surface area contributed by atoms with Crippen LogP contribution in [-0.2, 0) is 9.59 Å². The van der Waals surface area contributed by atoms with E-state index >= 15 is 0 Å². The maximum absolute atomic E-state index is 11.8. The molecule has 4 rings (SSSR count). The van der Waals surface area contributed by atoms with Gasteiger partial charge in [0.2, 0.25) is 0 Å². The van der Waals surface area contributed by atoms with Crippen molar-refractivity contribution in [3.8, 4) is 22.6 Å². The van der Waals surface area contributed by atoms with Crippen LogP contribution in [0.1, 0.15) is 51.7 Å². The summed E-state index contributed by atoms with van der Waals surface area (Å²) in [5.41, 5.74) is 1.32. The van der Waals surface area contributed by atoms with Crippen molar-refractivity contribution in [2.45, 2.75) is 52.6 Å². The normalized spacial score (nSPS) is 13.6. The average molecular weight is 569 g/mol. The van der Waals surface area contributed by atoms with Gasteiger partial charge in [-0.05, 0) is 58.4 Å². The first-order valence-corrected chi connectivity index (χ1v) is 14.0. The molecule has 4 aromatic rings. The molecule has 0 fully saturated rings. The number of carboxylic acid groups (broad SMARTS) is 2. The second kappa shape index (κ2) is 12.9. The Labute approximate surface area is 244 Å². The van der Waals surface area contributed by atoms with Crippen molar-refractivity contribution in [1.29, 1.82) is 0 Å². The second-order valence-corrected chi connectivity index (χ2v) is 11.3. The number of hydrogen-bond acceptors (Lipinski definition) is 6. The van der Waals surface area contributed by atoms with Crippen LogP contribution in [0.15, 0.2) is 70.6 Å². The second-order valence-electron chi connectivity index (χ2n) is 11.3. The highest BCUT2D eigenvalue weighted by molar-refractivity contribution is 6.14. The molecule has 8 heteroatoms. The minimum atomic E-state index is -1.05. The number of carboxylic acids is 2. The van der Waals surface area contributed by atoms with Crippen LogP contribution in [0.4, 0.5) is 0 Å². The van der Waals surface area contributed by atoms with E-state index in [0.717, 1.165) is 10.8 Å². The largest absolute Gasteiger partial charge is 0.507 e. The number of aliphatic carboxylic acids is 2. The maximum atomic E-state index is 11.8. The quantitative estimate of drug-likeness (QED) is 0.145. The summed E-state index contributed by atoms with van der Waals surface area (Å²) in [6.45, 7) is 7.68. The molecule has 0 bridgehead atoms. The molecule has 0 radical (unpaired) electrons. The Morgan fingerprint density at radius 3 is 1.36 bits per heavy atom. The predicted molar refractivity (Wildman–Crippen MR) is 167 cm³/mol. The zero-order valence-corrected chi connectivity index (χ0v) is 24.2. The summed E-state index contributed by atoms with van der Waals surface area (Å²) in [6.07, 6.45) is 3.43. The number of rotatable bonds is 11. The molecule has 0 aliphatic heterocycles. The van der Waals surface area contributed by atoms with E-state index in [0.29, 0.717) is 45.9 Å². The molecule has 0 amide bonds. The third-order valence-electron chi connectivity index (χ3n) is 7.10. The molecule has 0 heterocycles. The van der Waals surface area contributed by atoms with Crippen molar-refractivity contribution in [2.24, 2.45) is 21.8 Å². The lowest BCUT2D eigenvalue weighted by atomic mass is 9.89. The Hall–Kier alpha value is -4.72. The third-order valence-corrected chi connectivity index (χ3v) is 7.10. The van der Waals surface area contributed by atoms with Gasteiger partial charge in [0.05, 0.1) is 0 Å². The molecule has 0 saturated carbocycles. The van der Waals surface area contributed by atoms with Gasteiger partial charge in [0, 0.05) is 34.7 Å². The third kappa shape index (κ3) is 6.60. The van der Waals surface area contributed by atoms with Gasteiger partial charge >= 0.3 is 11.9 Å². The van der Waals surface area contributed by atoms with Crippen molar-refractivity contribution in [1.82, 2.24) is 0 Å². The minimum Gasteiger partial charge on any atom is -0.507 e. The molecule has 4 N–H and O–H groups in total. The molecular weight excluding hydrogens is 532 g/mol. The van der Waals surface area contributed by atoms with Gasteiger partial charge in [0.25, 0.3) is 0 Å². The van der Waals surface area contributed by atoms with Crippen LogP contribution in [-0.4, -0.2) is 56.9 Å². The van der Waals surface area contributed by atoms with Gasteiger partial charge in [-0.2, -0.15) is 0 Å². The van der Waals surface area contributed by atoms with Gasteiger partial charge in [0.15, 0.2) is 0 Å². The van der Waals surface area contributed by atoms with E-state index in [1.165, 1.54) is 12.4 Å². The fourth-order valence-corrected chi connectivity index (χ4v) is 5.10. The van der Waals surface area contributed by atoms with Crippen LogP contribution < -0.4 is 0 Å². The lowest BCUT2D eigenvalue weighted by molar-refractivity contribution is -0.139. The molecule has 8 nitrogen and oxygen atoms in total. The molecule has 0 saturated heterocycles. The number of nitrogens with zero attached hydrogens (tertiary/aromatic N) is 2. The van der Waals surface area contributed by atoms with E-state index in [9.17, 15) is 30.0 Å². The van der Waals surface area contributed by atoms with E-state index in [4.69, 9.17) is 0 Å². The Bertz CT molecular complexity index is 1560. The standard InChI is InChI=1S/C34H36N2O6/c1-19(2)13-27(33(39)40)35-17-23-15-21-9-5-7-11-25(21)29(31(23)37)30-26-12-8-6-10-22(26)16-24(32(30)38)18-36-28(34(41)42)14-20(3)4/h5-12,15-20,27-28,37-38H,13-14H2,1-4H3,(H,39,40)(H,41,42)/t27-,28-/m0/s1. The summed E-state index contributed by atoms with van der Waals surface area (Å²) in [5.74, 6) is -2.20. The lowest BCUT2D eigenvalue weighted by Crippen LogP contribution is -2.20. The van der Waals surface area contributed by atoms with Crippen molar-refractivity contribution in [3.63, 3.8) is 0 Å². The summed E-state index contributed by atoms with van der Waals surface area (Å²) >= 11 is 0. The fourth-order valence-electron chi connectivity index (χ4n) is 5.10. The highest BCUT2D eigenvalue weighted by Crippen LogP contribution is 2.47. The number of phenolic OH excluding ortho intramolecular Hbond substituents is 2. The molecule has 2 atom stereocenters. The van der Waals surface area contributed by atoms with E-state index in [2.05, 4.69) is 9.98 Å². The fraction of sp³-hybridized carbons (Fsp3) is 0.294. The number of carbonyl (C=O) groups is 2. The van der Waals surface area contributed by atoms with Crippen LogP contribution in [0, 0.1) is 11.8 Å². The Kier molecular flexibility index (Phi) is 9.25. The lowest BCUT2D eigenvalue weighted by Gasteiger charge is -2.18. The van der Waals surface area contributed by atoms with Crippen molar-refractivity contribution >= 4 is 45.9 Å². The Morgan fingerprint density at radius 1 is 0.667 bits per heavy atom. The molecule has 0 aliphatic carbocycles. The van der Waals surface area contributed by atoms with Gasteiger partial charge in [-0.1, -0.05) is 76.2 Å². The van der Waals surface area contributed by atoms with Gasteiger partial charge in [0.1, 0.15) is 23.6 Å². The van der Waals surface area contributed by atoms with Crippen LogP contribution in [0.2, 0.25) is 0 Å². The topological polar surface area (TPSA) is 140 Å². The van der Waals surface area contributed by atoms with E-state index in [-0.39, 0.29) is 23.3 Å².